The first-order valence-corrected chi connectivity index (χ1v) is 23.2. The Morgan fingerprint density at radius 3 is 1.00 bits per heavy atom. The second-order valence-electron chi connectivity index (χ2n) is 15.2. The molecule has 0 saturated heterocycles. The molecular formula is C48H66N2O6S2. The number of nitrogens with zero attached hydrogens (tertiary/aromatic N) is 2. The topological polar surface area (TPSA) is 93.2 Å². The minimum Gasteiger partial charge on any atom is -0.497 e. The highest BCUT2D eigenvalue weighted by Gasteiger charge is 2.35. The van der Waals surface area contributed by atoms with E-state index in [1.165, 1.54) is 0 Å². The Kier molecular flexibility index (Phi) is 19.4. The van der Waals surface area contributed by atoms with E-state index < -0.39 is 30.5 Å². The molecule has 0 fully saturated rings. The second kappa shape index (κ2) is 23.4. The molecule has 316 valence electrons. The molecule has 0 radical (unpaired) electrons. The Balaban J connectivity index is 0.000000310. The highest BCUT2D eigenvalue weighted by atomic mass is 32.2. The van der Waals surface area contributed by atoms with Crippen molar-refractivity contribution in [1.29, 1.82) is 0 Å². The van der Waals surface area contributed by atoms with Gasteiger partial charge in [0, 0.05) is 26.2 Å². The van der Waals surface area contributed by atoms with Crippen LogP contribution in [0.3, 0.4) is 0 Å². The summed E-state index contributed by atoms with van der Waals surface area (Å²) in [5.41, 5.74) is 6.16. The van der Waals surface area contributed by atoms with Gasteiger partial charge in [0.05, 0.1) is 24.7 Å². The molecular weight excluding hydrogens is 765 g/mol. The monoisotopic (exact) mass is 830 g/mol. The molecule has 0 N–H and O–H groups in total. The van der Waals surface area contributed by atoms with Crippen LogP contribution in [0.2, 0.25) is 0 Å². The van der Waals surface area contributed by atoms with E-state index in [9.17, 15) is 16.8 Å². The number of hydrogen-bond donors (Lipinski definition) is 0. The lowest BCUT2D eigenvalue weighted by Gasteiger charge is -2.30. The standard InChI is InChI=1S/2C24H33NO3S/c2*1-6-8-20(4)24(7-2)29(26,27)25(17-21-11-9-19(3)10-12-21)18-22-13-15-23(28-5)16-14-22/h2*6,9-16,20,24H,1,7-8,17-18H2,2-5H3/t20-,24+;20-,24-/m00/s1. The quantitative estimate of drug-likeness (QED) is 0.0733. The lowest BCUT2D eigenvalue weighted by atomic mass is 10.0. The van der Waals surface area contributed by atoms with Gasteiger partial charge >= 0.3 is 0 Å². The molecule has 0 bridgehead atoms. The van der Waals surface area contributed by atoms with Gasteiger partial charge in [-0.15, -0.1) is 13.2 Å². The molecule has 0 aliphatic rings. The predicted octanol–water partition coefficient (Wildman–Crippen LogP) is 10.7. The van der Waals surface area contributed by atoms with Gasteiger partial charge in [0.15, 0.2) is 0 Å². The molecule has 10 heteroatoms. The van der Waals surface area contributed by atoms with E-state index >= 15 is 0 Å². The summed E-state index contributed by atoms with van der Waals surface area (Å²) in [4.78, 5) is 0. The van der Waals surface area contributed by atoms with E-state index in [4.69, 9.17) is 9.47 Å². The van der Waals surface area contributed by atoms with Crippen LogP contribution in [0, 0.1) is 25.7 Å². The average molecular weight is 831 g/mol. The first-order chi connectivity index (χ1) is 27.6. The Labute approximate surface area is 350 Å². The molecule has 0 saturated carbocycles. The maximum absolute atomic E-state index is 13.6. The van der Waals surface area contributed by atoms with Crippen LogP contribution in [0.4, 0.5) is 0 Å². The van der Waals surface area contributed by atoms with Crippen molar-refractivity contribution in [3.05, 3.63) is 156 Å². The molecule has 0 spiro atoms. The van der Waals surface area contributed by atoms with Gasteiger partial charge in [0.2, 0.25) is 20.0 Å². The smallest absolute Gasteiger partial charge is 0.217 e. The Hall–Kier alpha value is -4.22. The molecule has 4 rings (SSSR count). The van der Waals surface area contributed by atoms with Crippen molar-refractivity contribution in [3.63, 3.8) is 0 Å². The number of rotatable bonds is 22. The zero-order valence-electron chi connectivity index (χ0n) is 35.9. The molecule has 0 aliphatic carbocycles. The minimum atomic E-state index is -3.50. The van der Waals surface area contributed by atoms with Crippen molar-refractivity contribution < 1.29 is 26.3 Å². The van der Waals surface area contributed by atoms with Crippen LogP contribution in [0.15, 0.2) is 122 Å². The van der Waals surface area contributed by atoms with Crippen LogP contribution < -0.4 is 9.47 Å². The van der Waals surface area contributed by atoms with Crippen LogP contribution in [0.25, 0.3) is 0 Å². The highest BCUT2D eigenvalue weighted by molar-refractivity contribution is 7.90. The van der Waals surface area contributed by atoms with Gasteiger partial charge in [-0.3, -0.25) is 0 Å². The highest BCUT2D eigenvalue weighted by Crippen LogP contribution is 2.29. The summed E-state index contributed by atoms with van der Waals surface area (Å²) in [5.74, 6) is 1.54. The van der Waals surface area contributed by atoms with E-state index in [2.05, 4.69) is 13.2 Å². The Morgan fingerprint density at radius 1 is 0.517 bits per heavy atom. The predicted molar refractivity (Wildman–Crippen MR) is 241 cm³/mol. The minimum absolute atomic E-state index is 0.0129. The van der Waals surface area contributed by atoms with Crippen LogP contribution in [-0.4, -0.2) is 50.2 Å². The van der Waals surface area contributed by atoms with Crippen LogP contribution >= 0.6 is 0 Å². The normalized spacial score (nSPS) is 13.8. The number of aryl methyl sites for hydroxylation is 2. The lowest BCUT2D eigenvalue weighted by molar-refractivity contribution is 0.376. The molecule has 0 aromatic heterocycles. The molecule has 8 nitrogen and oxygen atoms in total. The largest absolute Gasteiger partial charge is 0.497 e. The number of benzene rings is 4. The van der Waals surface area contributed by atoms with Gasteiger partial charge in [-0.25, -0.2) is 16.8 Å². The molecule has 4 aromatic carbocycles. The molecule has 0 aliphatic heterocycles. The maximum Gasteiger partial charge on any atom is 0.217 e. The molecule has 58 heavy (non-hydrogen) atoms. The second-order valence-corrected chi connectivity index (χ2v) is 19.5. The van der Waals surface area contributed by atoms with E-state index in [1.54, 1.807) is 35.0 Å². The van der Waals surface area contributed by atoms with Crippen LogP contribution in [0.1, 0.15) is 86.8 Å². The first kappa shape index (κ1) is 48.2. The summed E-state index contributed by atoms with van der Waals surface area (Å²) >= 11 is 0. The third kappa shape index (κ3) is 14.0. The Bertz CT molecular complexity index is 1900. The average Bonchev–Trinajstić information content (AvgIpc) is 3.20. The van der Waals surface area contributed by atoms with Crippen molar-refractivity contribution in [2.75, 3.05) is 14.2 Å². The van der Waals surface area contributed by atoms with E-state index in [0.29, 0.717) is 51.9 Å². The van der Waals surface area contributed by atoms with Crippen molar-refractivity contribution in [2.24, 2.45) is 11.8 Å². The van der Waals surface area contributed by atoms with Gasteiger partial charge in [0.1, 0.15) is 11.5 Å². The third-order valence-corrected chi connectivity index (χ3v) is 15.7. The summed E-state index contributed by atoms with van der Waals surface area (Å²) < 4.78 is 68.3. The zero-order chi connectivity index (χ0) is 42.9. The summed E-state index contributed by atoms with van der Waals surface area (Å²) in [7, 11) is -3.76. The molecule has 0 amide bonds. The molecule has 0 heterocycles. The Morgan fingerprint density at radius 2 is 0.776 bits per heavy atom. The van der Waals surface area contributed by atoms with Crippen LogP contribution in [-0.2, 0) is 46.2 Å². The third-order valence-electron chi connectivity index (χ3n) is 10.6. The van der Waals surface area contributed by atoms with Gasteiger partial charge in [-0.05, 0) is 97.9 Å². The summed E-state index contributed by atoms with van der Waals surface area (Å²) in [6.45, 7) is 20.9. The number of methoxy groups -OCH3 is 2. The van der Waals surface area contributed by atoms with Gasteiger partial charge in [-0.2, -0.15) is 8.61 Å². The fraction of sp³-hybridized carbons (Fsp3) is 0.417. The molecule has 0 unspecified atom stereocenters. The van der Waals surface area contributed by atoms with Crippen molar-refractivity contribution in [2.45, 2.75) is 104 Å². The summed E-state index contributed by atoms with van der Waals surface area (Å²) in [6, 6.07) is 31.2. The number of ether oxygens (including phenoxy) is 2. The number of hydrogen-bond acceptors (Lipinski definition) is 6. The fourth-order valence-electron chi connectivity index (χ4n) is 7.16. The zero-order valence-corrected chi connectivity index (χ0v) is 37.6. The maximum atomic E-state index is 13.6. The van der Waals surface area contributed by atoms with Gasteiger partial charge < -0.3 is 9.47 Å². The van der Waals surface area contributed by atoms with E-state index in [0.717, 1.165) is 44.9 Å². The lowest BCUT2D eigenvalue weighted by Crippen LogP contribution is -2.40. The van der Waals surface area contributed by atoms with Crippen molar-refractivity contribution >= 4 is 20.0 Å². The number of allylic oxidation sites excluding steroid dienone is 2. The van der Waals surface area contributed by atoms with E-state index in [-0.39, 0.29) is 11.8 Å². The number of sulfonamides is 2. The van der Waals surface area contributed by atoms with Gasteiger partial charge in [0.25, 0.3) is 0 Å². The molecule has 4 atom stereocenters. The van der Waals surface area contributed by atoms with Crippen LogP contribution in [0.5, 0.6) is 11.5 Å². The molecule has 4 aromatic rings. The summed E-state index contributed by atoms with van der Waals surface area (Å²) in [5, 5.41) is -0.881. The van der Waals surface area contributed by atoms with E-state index in [1.807, 2.05) is 139 Å². The summed E-state index contributed by atoms with van der Waals surface area (Å²) in [6.07, 6.45) is 6.11. The van der Waals surface area contributed by atoms with Gasteiger partial charge in [-0.1, -0.05) is 124 Å². The van der Waals surface area contributed by atoms with Crippen molar-refractivity contribution in [3.8, 4) is 11.5 Å². The fourth-order valence-corrected chi connectivity index (χ4v) is 11.5. The van der Waals surface area contributed by atoms with Crippen molar-refractivity contribution in [1.82, 2.24) is 8.61 Å². The SMILES string of the molecule is C=CC[C@H](C)[C@@H](CC)S(=O)(=O)N(Cc1ccc(C)cc1)Cc1ccc(OC)cc1.C=CC[C@H](C)[C@H](CC)S(=O)(=O)N(Cc1ccc(C)cc1)Cc1ccc(OC)cc1. The first-order valence-electron chi connectivity index (χ1n) is 20.2.